The third-order valence-corrected chi connectivity index (χ3v) is 3.70. The van der Waals surface area contributed by atoms with Gasteiger partial charge in [-0.15, -0.1) is 11.6 Å². The van der Waals surface area contributed by atoms with Gasteiger partial charge in [-0.05, 0) is 31.0 Å². The van der Waals surface area contributed by atoms with Crippen molar-refractivity contribution in [2.24, 2.45) is 7.05 Å². The Kier molecular flexibility index (Phi) is 6.24. The van der Waals surface area contributed by atoms with Crippen LogP contribution in [0.5, 0.6) is 6.01 Å². The van der Waals surface area contributed by atoms with Gasteiger partial charge in [0, 0.05) is 31.6 Å². The first-order valence-electron chi connectivity index (χ1n) is 7.70. The molecule has 1 unspecified atom stereocenters. The number of rotatable bonds is 8. The third-order valence-electron chi connectivity index (χ3n) is 3.48. The number of carbonyl (C=O) groups is 1. The number of alkyl halides is 1. The summed E-state index contributed by atoms with van der Waals surface area (Å²) in [7, 11) is 1.81. The van der Waals surface area contributed by atoms with Crippen molar-refractivity contribution in [2.75, 3.05) is 17.7 Å². The number of aryl methyl sites for hydroxylation is 1. The number of hydrogen-bond donors (Lipinski definition) is 2. The van der Waals surface area contributed by atoms with Crippen LogP contribution >= 0.6 is 11.6 Å². The predicted octanol–water partition coefficient (Wildman–Crippen LogP) is 2.68. The summed E-state index contributed by atoms with van der Waals surface area (Å²) in [5.74, 6) is 0.141. The van der Waals surface area contributed by atoms with Crippen LogP contribution in [0.1, 0.15) is 26.2 Å². The monoisotopic (exact) mass is 339 g/mol. The summed E-state index contributed by atoms with van der Waals surface area (Å²) in [5, 5.41) is 12.8. The Labute approximate surface area is 140 Å². The van der Waals surface area contributed by atoms with Crippen molar-refractivity contribution in [3.63, 3.8) is 0 Å². The molecule has 0 amide bonds. The topological polar surface area (TPSA) is 76.4 Å². The minimum absolute atomic E-state index is 0.284. The lowest BCUT2D eigenvalue weighted by Gasteiger charge is -2.11. The van der Waals surface area contributed by atoms with E-state index in [0.29, 0.717) is 25.3 Å². The van der Waals surface area contributed by atoms with Gasteiger partial charge in [0.25, 0.3) is 0 Å². The highest BCUT2D eigenvalue weighted by atomic mass is 35.5. The molecule has 23 heavy (non-hydrogen) atoms. The van der Waals surface area contributed by atoms with Gasteiger partial charge in [0.05, 0.1) is 17.1 Å². The van der Waals surface area contributed by atoms with Gasteiger partial charge in [0.1, 0.15) is 0 Å². The van der Waals surface area contributed by atoms with E-state index in [9.17, 15) is 9.90 Å². The average molecular weight is 340 g/mol. The molecule has 0 saturated heterocycles. The summed E-state index contributed by atoms with van der Waals surface area (Å²) in [6, 6.07) is 5.95. The van der Waals surface area contributed by atoms with Gasteiger partial charge in [-0.2, -0.15) is 4.98 Å². The van der Waals surface area contributed by atoms with E-state index < -0.39 is 6.10 Å². The highest BCUT2D eigenvalue weighted by molar-refractivity contribution is 6.17. The number of anilines is 1. The molecule has 2 N–H and O–H groups in total. The smallest absolute Gasteiger partial charge is 0.313 e. The number of carbonyl (C=O) groups excluding carboxylic acids is 1. The van der Waals surface area contributed by atoms with Crippen LogP contribution in [0.4, 0.5) is 5.69 Å². The lowest BCUT2D eigenvalue weighted by molar-refractivity contribution is -0.135. The summed E-state index contributed by atoms with van der Waals surface area (Å²) in [6.07, 6.45) is 1.16. The molecule has 0 aliphatic heterocycles. The standard InChI is InChI=1S/C16H22ClN3O3/c1-3-4-15(22)23-16-19-13-9-11(5-6-14(13)20(16)2)18-10-12(21)7-8-17/h5-6,9,12,18,21H,3-4,7-8,10H2,1-2H3. The molecule has 1 aromatic carbocycles. The Bertz CT molecular complexity index is 672. The SMILES string of the molecule is CCCC(=O)Oc1nc2cc(NCC(O)CCCl)ccc2n1C. The molecule has 6 nitrogen and oxygen atoms in total. The van der Waals surface area contributed by atoms with Crippen LogP contribution in [0.3, 0.4) is 0 Å². The number of aliphatic hydroxyl groups is 1. The molecule has 0 radical (unpaired) electrons. The van der Waals surface area contributed by atoms with E-state index >= 15 is 0 Å². The fraction of sp³-hybridized carbons (Fsp3) is 0.500. The number of aliphatic hydroxyl groups excluding tert-OH is 1. The molecule has 0 fully saturated rings. The molecule has 0 aliphatic carbocycles. The average Bonchev–Trinajstić information content (AvgIpc) is 2.81. The Morgan fingerprint density at radius 3 is 3.00 bits per heavy atom. The second kappa shape index (κ2) is 8.17. The van der Waals surface area contributed by atoms with E-state index in [1.54, 1.807) is 11.6 Å². The molecule has 1 aromatic heterocycles. The highest BCUT2D eigenvalue weighted by Crippen LogP contribution is 2.23. The van der Waals surface area contributed by atoms with Crippen molar-refractivity contribution in [3.05, 3.63) is 18.2 Å². The number of nitrogens with zero attached hydrogens (tertiary/aromatic N) is 2. The predicted molar refractivity (Wildman–Crippen MR) is 91.1 cm³/mol. The fourth-order valence-corrected chi connectivity index (χ4v) is 2.45. The maximum absolute atomic E-state index is 11.6. The van der Waals surface area contributed by atoms with Gasteiger partial charge in [0.2, 0.25) is 0 Å². The van der Waals surface area contributed by atoms with E-state index in [1.165, 1.54) is 0 Å². The van der Waals surface area contributed by atoms with Crippen LogP contribution in [0.15, 0.2) is 18.2 Å². The molecule has 2 aromatic rings. The zero-order chi connectivity index (χ0) is 16.8. The summed E-state index contributed by atoms with van der Waals surface area (Å²) >= 11 is 5.60. The van der Waals surface area contributed by atoms with E-state index in [-0.39, 0.29) is 12.0 Å². The Hall–Kier alpha value is -1.79. The molecule has 0 bridgehead atoms. The molecule has 0 spiro atoms. The first kappa shape index (κ1) is 17.6. The lowest BCUT2D eigenvalue weighted by Crippen LogP contribution is -2.19. The van der Waals surface area contributed by atoms with Crippen LogP contribution in [-0.4, -0.2) is 39.2 Å². The van der Waals surface area contributed by atoms with Crippen molar-refractivity contribution in [1.29, 1.82) is 0 Å². The maximum atomic E-state index is 11.6. The fourth-order valence-electron chi connectivity index (χ4n) is 2.20. The lowest BCUT2D eigenvalue weighted by atomic mass is 10.2. The number of imidazole rings is 1. The molecular weight excluding hydrogens is 318 g/mol. The van der Waals surface area contributed by atoms with E-state index in [4.69, 9.17) is 16.3 Å². The Morgan fingerprint density at radius 2 is 2.30 bits per heavy atom. The summed E-state index contributed by atoms with van der Waals surface area (Å²) < 4.78 is 7.02. The van der Waals surface area contributed by atoms with E-state index in [2.05, 4.69) is 10.3 Å². The molecule has 126 valence electrons. The second-order valence-electron chi connectivity index (χ2n) is 5.39. The maximum Gasteiger partial charge on any atom is 0.313 e. The first-order chi connectivity index (χ1) is 11.0. The van der Waals surface area contributed by atoms with Crippen molar-refractivity contribution >= 4 is 34.3 Å². The minimum Gasteiger partial charge on any atom is -0.392 e. The molecular formula is C16H22ClN3O3. The van der Waals surface area contributed by atoms with Gasteiger partial charge in [-0.1, -0.05) is 6.92 Å². The number of ether oxygens (including phenoxy) is 1. The largest absolute Gasteiger partial charge is 0.392 e. The van der Waals surface area contributed by atoms with Crippen LogP contribution in [0, 0.1) is 0 Å². The van der Waals surface area contributed by atoms with Gasteiger partial charge in [-0.3, -0.25) is 9.36 Å². The van der Waals surface area contributed by atoms with E-state index in [1.807, 2.05) is 25.1 Å². The van der Waals surface area contributed by atoms with Crippen molar-refractivity contribution in [1.82, 2.24) is 9.55 Å². The number of esters is 1. The molecule has 0 saturated carbocycles. The number of halogens is 1. The number of fused-ring (bicyclic) bond motifs is 1. The van der Waals surface area contributed by atoms with Crippen molar-refractivity contribution in [2.45, 2.75) is 32.3 Å². The Balaban J connectivity index is 2.12. The van der Waals surface area contributed by atoms with Crippen molar-refractivity contribution in [3.8, 4) is 6.01 Å². The van der Waals surface area contributed by atoms with Gasteiger partial charge in [-0.25, -0.2) is 0 Å². The minimum atomic E-state index is -0.488. The number of nitrogens with one attached hydrogen (secondary N) is 1. The number of aromatic nitrogens is 2. The third kappa shape index (κ3) is 4.59. The van der Waals surface area contributed by atoms with Gasteiger partial charge >= 0.3 is 12.0 Å². The molecule has 1 atom stereocenters. The molecule has 0 aliphatic rings. The second-order valence-corrected chi connectivity index (χ2v) is 5.77. The quantitative estimate of drug-likeness (QED) is 0.571. The molecule has 7 heteroatoms. The molecule has 2 rings (SSSR count). The zero-order valence-corrected chi connectivity index (χ0v) is 14.1. The van der Waals surface area contributed by atoms with Gasteiger partial charge < -0.3 is 15.2 Å². The van der Waals surface area contributed by atoms with E-state index in [0.717, 1.165) is 23.1 Å². The highest BCUT2D eigenvalue weighted by Gasteiger charge is 2.13. The van der Waals surface area contributed by atoms with Crippen molar-refractivity contribution < 1.29 is 14.6 Å². The first-order valence-corrected chi connectivity index (χ1v) is 8.23. The number of hydrogen-bond acceptors (Lipinski definition) is 5. The van der Waals surface area contributed by atoms with Crippen LogP contribution < -0.4 is 10.1 Å². The van der Waals surface area contributed by atoms with Crippen LogP contribution in [0.25, 0.3) is 11.0 Å². The summed E-state index contributed by atoms with van der Waals surface area (Å²) in [6.45, 7) is 2.34. The Morgan fingerprint density at radius 1 is 1.52 bits per heavy atom. The van der Waals surface area contributed by atoms with Gasteiger partial charge in [0.15, 0.2) is 0 Å². The summed E-state index contributed by atoms with van der Waals surface area (Å²) in [5.41, 5.74) is 2.44. The molecule has 1 heterocycles. The summed E-state index contributed by atoms with van der Waals surface area (Å²) in [4.78, 5) is 16.0. The zero-order valence-electron chi connectivity index (χ0n) is 13.4. The van der Waals surface area contributed by atoms with Crippen LogP contribution in [0.2, 0.25) is 0 Å². The normalized spacial score (nSPS) is 12.3. The number of benzene rings is 1. The van der Waals surface area contributed by atoms with Crippen LogP contribution in [-0.2, 0) is 11.8 Å².